The van der Waals surface area contributed by atoms with Crippen molar-refractivity contribution in [3.05, 3.63) is 35.6 Å². The third kappa shape index (κ3) is 1.29. The van der Waals surface area contributed by atoms with Crippen molar-refractivity contribution in [3.63, 3.8) is 0 Å². The normalized spacial score (nSPS) is 25.0. The number of hydrogen-bond donors (Lipinski definition) is 2. The molecule has 3 N–H and O–H groups in total. The molecule has 0 aromatic heterocycles. The van der Waals surface area contributed by atoms with Crippen molar-refractivity contribution in [2.75, 3.05) is 0 Å². The van der Waals surface area contributed by atoms with E-state index in [-0.39, 0.29) is 0 Å². The van der Waals surface area contributed by atoms with Gasteiger partial charge < -0.3 is 14.8 Å². The van der Waals surface area contributed by atoms with E-state index < -0.39 is 6.41 Å². The number of nitrogens with two attached hydrogens (primary N) is 1. The Morgan fingerprint density at radius 3 is 3.15 bits per heavy atom. The second kappa shape index (κ2) is 2.95. The molecule has 13 heavy (non-hydrogen) atoms. The minimum Gasteiger partial charge on any atom is -0.449 e. The van der Waals surface area contributed by atoms with Gasteiger partial charge in [0.25, 0.3) is 6.41 Å². The second-order valence-electron chi connectivity index (χ2n) is 2.55. The summed E-state index contributed by atoms with van der Waals surface area (Å²) >= 11 is 0. The second-order valence-corrected chi connectivity index (χ2v) is 2.55. The van der Waals surface area contributed by atoms with E-state index in [2.05, 4.69) is 5.32 Å². The summed E-state index contributed by atoms with van der Waals surface area (Å²) in [6.07, 6.45) is 4.51. The largest absolute Gasteiger partial charge is 0.449 e. The number of carbonyl (C=O) groups excluding carboxylic acids is 1. The molecule has 0 aliphatic carbocycles. The summed E-state index contributed by atoms with van der Waals surface area (Å²) in [5, 5.41) is 2.77. The van der Waals surface area contributed by atoms with Gasteiger partial charge in [-0.05, 0) is 0 Å². The molecule has 0 aromatic rings. The average Bonchev–Trinajstić information content (AvgIpc) is 2.16. The zero-order chi connectivity index (χ0) is 9.26. The number of dihydropyridines is 1. The summed E-state index contributed by atoms with van der Waals surface area (Å²) in [5.74, 6) is 0.517. The van der Waals surface area contributed by atoms with Gasteiger partial charge in [-0.2, -0.15) is 0 Å². The molecule has 2 aliphatic rings. The van der Waals surface area contributed by atoms with E-state index in [9.17, 15) is 4.79 Å². The standard InChI is InChI=1S/C8H8N2O3/c9-8-12-4-6-5(3-11)1-10-2-7(6)13-8/h1-4,8,10H,9H2. The lowest BCUT2D eigenvalue weighted by molar-refractivity contribution is -0.105. The maximum Gasteiger partial charge on any atom is 0.299 e. The van der Waals surface area contributed by atoms with Gasteiger partial charge in [0.1, 0.15) is 6.26 Å². The molecule has 0 saturated heterocycles. The molecule has 2 rings (SSSR count). The molecule has 0 amide bonds. The van der Waals surface area contributed by atoms with Crippen LogP contribution in [0.2, 0.25) is 0 Å². The van der Waals surface area contributed by atoms with Crippen LogP contribution in [0.15, 0.2) is 35.6 Å². The molecule has 0 fully saturated rings. The van der Waals surface area contributed by atoms with E-state index in [4.69, 9.17) is 15.2 Å². The molecule has 2 aliphatic heterocycles. The fourth-order valence-electron chi connectivity index (χ4n) is 1.11. The Morgan fingerprint density at radius 2 is 2.38 bits per heavy atom. The van der Waals surface area contributed by atoms with Crippen LogP contribution in [-0.4, -0.2) is 12.7 Å². The van der Waals surface area contributed by atoms with Gasteiger partial charge in [0.2, 0.25) is 0 Å². The lowest BCUT2D eigenvalue weighted by atomic mass is 10.1. The quantitative estimate of drug-likeness (QED) is 0.541. The molecule has 5 nitrogen and oxygen atoms in total. The SMILES string of the molecule is NC1OC=C2C(C=O)=CNC=C2O1. The Morgan fingerprint density at radius 1 is 1.54 bits per heavy atom. The number of hydrogen-bond acceptors (Lipinski definition) is 5. The number of nitrogens with one attached hydrogen (secondary N) is 1. The number of fused-ring (bicyclic) bond motifs is 1. The van der Waals surface area contributed by atoms with Crippen molar-refractivity contribution >= 4 is 6.29 Å². The minimum absolute atomic E-state index is 0.476. The Balaban J connectivity index is 2.34. The average molecular weight is 180 g/mol. The van der Waals surface area contributed by atoms with Crippen LogP contribution in [0, 0.1) is 0 Å². The van der Waals surface area contributed by atoms with Crippen molar-refractivity contribution in [1.29, 1.82) is 0 Å². The molecule has 5 heteroatoms. The van der Waals surface area contributed by atoms with Crippen LogP contribution in [0.4, 0.5) is 0 Å². The molecule has 0 radical (unpaired) electrons. The van der Waals surface area contributed by atoms with Gasteiger partial charge in [-0.15, -0.1) is 0 Å². The fourth-order valence-corrected chi connectivity index (χ4v) is 1.11. The van der Waals surface area contributed by atoms with Crippen molar-refractivity contribution < 1.29 is 14.3 Å². The summed E-state index contributed by atoms with van der Waals surface area (Å²) in [6.45, 7) is 0. The Hall–Kier alpha value is -1.75. The monoisotopic (exact) mass is 180 g/mol. The van der Waals surface area contributed by atoms with Crippen molar-refractivity contribution in [1.82, 2.24) is 5.32 Å². The molecule has 0 spiro atoms. The van der Waals surface area contributed by atoms with Gasteiger partial charge in [0.05, 0.1) is 5.57 Å². The lowest BCUT2D eigenvalue weighted by Gasteiger charge is -2.25. The van der Waals surface area contributed by atoms with Gasteiger partial charge in [-0.25, -0.2) is 0 Å². The molecular formula is C8H8N2O3. The molecule has 2 heterocycles. The highest BCUT2D eigenvalue weighted by atomic mass is 16.7. The van der Waals surface area contributed by atoms with Gasteiger partial charge >= 0.3 is 0 Å². The van der Waals surface area contributed by atoms with Crippen LogP contribution in [0.5, 0.6) is 0 Å². The number of aldehydes is 1. The number of rotatable bonds is 1. The minimum atomic E-state index is -0.803. The number of carbonyl (C=O) groups is 1. The van der Waals surface area contributed by atoms with Crippen LogP contribution < -0.4 is 11.1 Å². The molecule has 0 bridgehead atoms. The fraction of sp³-hybridized carbons (Fsp3) is 0.125. The molecule has 0 aromatic carbocycles. The van der Waals surface area contributed by atoms with Crippen LogP contribution in [0.25, 0.3) is 0 Å². The van der Waals surface area contributed by atoms with Gasteiger partial charge in [0.15, 0.2) is 12.0 Å². The van der Waals surface area contributed by atoms with E-state index in [0.29, 0.717) is 16.9 Å². The Bertz CT molecular complexity index is 330. The van der Waals surface area contributed by atoms with E-state index in [1.807, 2.05) is 0 Å². The van der Waals surface area contributed by atoms with E-state index in [0.717, 1.165) is 6.29 Å². The summed E-state index contributed by atoms with van der Waals surface area (Å²) < 4.78 is 10.0. The van der Waals surface area contributed by atoms with Crippen LogP contribution in [0.3, 0.4) is 0 Å². The smallest absolute Gasteiger partial charge is 0.299 e. The third-order valence-electron chi connectivity index (χ3n) is 1.72. The number of allylic oxidation sites excluding steroid dienone is 1. The highest BCUT2D eigenvalue weighted by molar-refractivity contribution is 5.82. The van der Waals surface area contributed by atoms with Crippen molar-refractivity contribution in [3.8, 4) is 0 Å². The maximum atomic E-state index is 10.6. The first-order valence-corrected chi connectivity index (χ1v) is 3.71. The highest BCUT2D eigenvalue weighted by Gasteiger charge is 2.22. The molecule has 1 atom stereocenters. The van der Waals surface area contributed by atoms with Crippen LogP contribution in [0.1, 0.15) is 0 Å². The Kier molecular flexibility index (Phi) is 1.79. The molecule has 1 unspecified atom stereocenters. The molecule has 0 saturated carbocycles. The lowest BCUT2D eigenvalue weighted by Crippen LogP contribution is -2.30. The van der Waals surface area contributed by atoms with E-state index >= 15 is 0 Å². The first kappa shape index (κ1) is 7.88. The number of ether oxygens (including phenoxy) is 2. The van der Waals surface area contributed by atoms with Gasteiger partial charge in [0, 0.05) is 18.0 Å². The topological polar surface area (TPSA) is 73.6 Å². The van der Waals surface area contributed by atoms with E-state index in [1.54, 1.807) is 12.4 Å². The first-order valence-electron chi connectivity index (χ1n) is 3.71. The van der Waals surface area contributed by atoms with Crippen molar-refractivity contribution in [2.24, 2.45) is 5.73 Å². The molecular weight excluding hydrogens is 172 g/mol. The summed E-state index contributed by atoms with van der Waals surface area (Å²) in [4.78, 5) is 10.6. The summed E-state index contributed by atoms with van der Waals surface area (Å²) in [7, 11) is 0. The summed E-state index contributed by atoms with van der Waals surface area (Å²) in [5.41, 5.74) is 6.45. The van der Waals surface area contributed by atoms with Gasteiger partial charge in [-0.3, -0.25) is 10.5 Å². The zero-order valence-corrected chi connectivity index (χ0v) is 6.69. The highest BCUT2D eigenvalue weighted by Crippen LogP contribution is 2.25. The van der Waals surface area contributed by atoms with Gasteiger partial charge in [-0.1, -0.05) is 0 Å². The van der Waals surface area contributed by atoms with E-state index in [1.165, 1.54) is 6.26 Å². The Labute approximate surface area is 74.5 Å². The third-order valence-corrected chi connectivity index (χ3v) is 1.72. The maximum absolute atomic E-state index is 10.6. The van der Waals surface area contributed by atoms with Crippen LogP contribution >= 0.6 is 0 Å². The summed E-state index contributed by atoms with van der Waals surface area (Å²) in [6, 6.07) is 0. The first-order chi connectivity index (χ1) is 6.31. The molecule has 68 valence electrons. The zero-order valence-electron chi connectivity index (χ0n) is 6.69. The predicted molar refractivity (Wildman–Crippen MR) is 43.6 cm³/mol. The predicted octanol–water partition coefficient (Wildman–Crippen LogP) is -0.313. The van der Waals surface area contributed by atoms with Crippen LogP contribution in [-0.2, 0) is 14.3 Å². The van der Waals surface area contributed by atoms with Crippen molar-refractivity contribution in [2.45, 2.75) is 6.41 Å².